The largest absolute Gasteiger partial charge is 0.393 e. The van der Waals surface area contributed by atoms with Crippen molar-refractivity contribution < 1.29 is 35.0 Å². The second-order valence-electron chi connectivity index (χ2n) is 9.67. The van der Waals surface area contributed by atoms with Crippen LogP contribution in [-0.2, 0) is 9.47 Å². The Bertz CT molecular complexity index is 1050. The smallest absolute Gasteiger partial charge is 0.143 e. The minimum Gasteiger partial charge on any atom is -0.393 e. The first-order chi connectivity index (χ1) is 17.9. The van der Waals surface area contributed by atoms with Gasteiger partial charge in [0.1, 0.15) is 47.0 Å². The van der Waals surface area contributed by atoms with Crippen molar-refractivity contribution in [3.8, 4) is 0 Å². The van der Waals surface area contributed by atoms with E-state index in [0.717, 1.165) is 0 Å². The van der Waals surface area contributed by atoms with Crippen LogP contribution < -0.4 is 11.5 Å². The Hall–Kier alpha value is -3.04. The average molecular weight is 535 g/mol. The molecule has 13 nitrogen and oxygen atoms in total. The van der Waals surface area contributed by atoms with Crippen LogP contribution in [0.3, 0.4) is 0 Å². The summed E-state index contributed by atoms with van der Waals surface area (Å²) in [6, 6.07) is 0. The Kier molecular flexibility index (Phi) is 8.83. The van der Waals surface area contributed by atoms with Crippen molar-refractivity contribution in [2.75, 3.05) is 19.8 Å². The van der Waals surface area contributed by atoms with Crippen molar-refractivity contribution >= 4 is 11.7 Å². The number of aliphatic hydroxyl groups is 5. The zero-order valence-electron chi connectivity index (χ0n) is 21.6. The summed E-state index contributed by atoms with van der Waals surface area (Å²) in [4.78, 5) is 11.4. The Morgan fingerprint density at radius 2 is 1.32 bits per heavy atom. The van der Waals surface area contributed by atoms with E-state index in [-0.39, 0.29) is 18.4 Å². The summed E-state index contributed by atoms with van der Waals surface area (Å²) < 4.78 is 11.5. The van der Waals surface area contributed by atoms with Crippen LogP contribution in [0.25, 0.3) is 0 Å². The average Bonchev–Trinajstić information content (AvgIpc) is 3.30. The zero-order chi connectivity index (χ0) is 28.4. The molecule has 0 amide bonds. The quantitative estimate of drug-likeness (QED) is 0.198. The van der Waals surface area contributed by atoms with Crippen LogP contribution in [0, 0.1) is 11.8 Å². The fourth-order valence-electron chi connectivity index (χ4n) is 4.79. The van der Waals surface area contributed by atoms with E-state index in [9.17, 15) is 25.5 Å². The van der Waals surface area contributed by atoms with Gasteiger partial charge in [-0.15, -0.1) is 6.58 Å². The lowest BCUT2D eigenvalue weighted by molar-refractivity contribution is -0.154. The summed E-state index contributed by atoms with van der Waals surface area (Å²) >= 11 is 0. The summed E-state index contributed by atoms with van der Waals surface area (Å²) in [5, 5.41) is 48.6. The number of ether oxygens (including phenoxy) is 2. The molecule has 4 heterocycles. The normalized spacial score (nSPS) is 36.1. The van der Waals surface area contributed by atoms with Gasteiger partial charge in [-0.1, -0.05) is 33.1 Å². The predicted octanol–water partition coefficient (Wildman–Crippen LogP) is -1.36. The molecule has 210 valence electrons. The SMILES string of the molecule is C=C1N=C(N)C=CN1[C@@H]1OC(CO)(CO)[C@@H](O)[C@@H]1C.C=CC1(CO)O[C@@H](N2C=CC(N)=NC2=C)[C@@H](C)[C@@H]1O. The number of hydrogen-bond acceptors (Lipinski definition) is 13. The molecule has 4 rings (SSSR count). The van der Waals surface area contributed by atoms with Gasteiger partial charge in [0.2, 0.25) is 0 Å². The van der Waals surface area contributed by atoms with Crippen LogP contribution in [0.2, 0.25) is 0 Å². The molecule has 0 spiro atoms. The number of amidine groups is 2. The van der Waals surface area contributed by atoms with Crippen molar-refractivity contribution in [3.05, 3.63) is 62.0 Å². The van der Waals surface area contributed by atoms with Crippen molar-refractivity contribution in [1.82, 2.24) is 9.80 Å². The third-order valence-corrected chi connectivity index (χ3v) is 7.23. The van der Waals surface area contributed by atoms with E-state index in [1.807, 2.05) is 6.92 Å². The zero-order valence-corrected chi connectivity index (χ0v) is 21.6. The van der Waals surface area contributed by atoms with Crippen molar-refractivity contribution in [2.24, 2.45) is 33.3 Å². The Morgan fingerprint density at radius 3 is 1.66 bits per heavy atom. The molecule has 9 N–H and O–H groups in total. The van der Waals surface area contributed by atoms with Crippen LogP contribution in [0.4, 0.5) is 0 Å². The molecule has 1 unspecified atom stereocenters. The number of hydrogen-bond donors (Lipinski definition) is 7. The number of aliphatic imine (C=N–C) groups is 2. The highest BCUT2D eigenvalue weighted by atomic mass is 16.6. The Labute approximate surface area is 221 Å². The van der Waals surface area contributed by atoms with E-state index in [2.05, 4.69) is 29.7 Å². The highest BCUT2D eigenvalue weighted by Crippen LogP contribution is 2.40. The maximum atomic E-state index is 10.3. The topological polar surface area (TPSA) is 203 Å². The molecule has 0 aromatic heterocycles. The highest BCUT2D eigenvalue weighted by molar-refractivity contribution is 5.93. The first-order valence-corrected chi connectivity index (χ1v) is 12.1. The van der Waals surface area contributed by atoms with Gasteiger partial charge in [0.05, 0.1) is 32.0 Å². The van der Waals surface area contributed by atoms with E-state index in [1.165, 1.54) is 6.08 Å². The fraction of sp³-hybridized carbons (Fsp3) is 0.520. The van der Waals surface area contributed by atoms with E-state index in [1.54, 1.807) is 41.3 Å². The maximum Gasteiger partial charge on any atom is 0.143 e. The van der Waals surface area contributed by atoms with Gasteiger partial charge < -0.3 is 56.3 Å². The number of rotatable bonds is 6. The summed E-state index contributed by atoms with van der Waals surface area (Å²) in [6.45, 7) is 13.5. The lowest BCUT2D eigenvalue weighted by atomic mass is 9.91. The molecular weight excluding hydrogens is 496 g/mol. The van der Waals surface area contributed by atoms with Crippen molar-refractivity contribution in [3.63, 3.8) is 0 Å². The number of nitrogens with zero attached hydrogens (tertiary/aromatic N) is 4. The lowest BCUT2D eigenvalue weighted by Gasteiger charge is -2.32. The van der Waals surface area contributed by atoms with Crippen LogP contribution in [0.1, 0.15) is 13.8 Å². The monoisotopic (exact) mass is 534 g/mol. The van der Waals surface area contributed by atoms with Crippen LogP contribution in [0.15, 0.2) is 72.0 Å². The van der Waals surface area contributed by atoms with Gasteiger partial charge in [-0.25, -0.2) is 9.98 Å². The molecule has 4 aliphatic rings. The molecule has 0 radical (unpaired) electrons. The Morgan fingerprint density at radius 1 is 0.868 bits per heavy atom. The van der Waals surface area contributed by atoms with E-state index in [0.29, 0.717) is 23.3 Å². The molecule has 0 aromatic carbocycles. The van der Waals surface area contributed by atoms with Gasteiger partial charge in [-0.2, -0.15) is 0 Å². The summed E-state index contributed by atoms with van der Waals surface area (Å²) in [5.74, 6) is 0.932. The summed E-state index contributed by atoms with van der Waals surface area (Å²) in [7, 11) is 0. The summed E-state index contributed by atoms with van der Waals surface area (Å²) in [5.41, 5.74) is 8.61. The van der Waals surface area contributed by atoms with E-state index in [4.69, 9.17) is 20.9 Å². The van der Waals surface area contributed by atoms with Gasteiger partial charge in [0, 0.05) is 24.2 Å². The molecule has 7 atom stereocenters. The van der Waals surface area contributed by atoms with E-state index >= 15 is 0 Å². The predicted molar refractivity (Wildman–Crippen MR) is 140 cm³/mol. The summed E-state index contributed by atoms with van der Waals surface area (Å²) in [6.07, 6.45) is 5.11. The lowest BCUT2D eigenvalue weighted by Crippen LogP contribution is -2.48. The number of nitrogens with two attached hydrogens (primary N) is 2. The first kappa shape index (κ1) is 29.5. The second-order valence-corrected chi connectivity index (χ2v) is 9.67. The van der Waals surface area contributed by atoms with Crippen LogP contribution in [-0.4, -0.2) is 103 Å². The Balaban J connectivity index is 0.000000211. The molecule has 2 saturated heterocycles. The maximum absolute atomic E-state index is 10.3. The molecule has 0 saturated carbocycles. The molecule has 4 aliphatic heterocycles. The molecule has 0 aliphatic carbocycles. The second kappa shape index (κ2) is 11.4. The molecule has 0 aromatic rings. The third-order valence-electron chi connectivity index (χ3n) is 7.23. The van der Waals surface area contributed by atoms with Gasteiger partial charge in [-0.05, 0) is 12.2 Å². The minimum absolute atomic E-state index is 0.249. The van der Waals surface area contributed by atoms with Crippen LogP contribution >= 0.6 is 0 Å². The molecule has 2 fully saturated rings. The molecule has 38 heavy (non-hydrogen) atoms. The fourth-order valence-corrected chi connectivity index (χ4v) is 4.79. The molecule has 0 bridgehead atoms. The minimum atomic E-state index is -1.37. The van der Waals surface area contributed by atoms with Crippen LogP contribution in [0.5, 0.6) is 0 Å². The highest BCUT2D eigenvalue weighted by Gasteiger charge is 2.54. The van der Waals surface area contributed by atoms with Gasteiger partial charge in [0.25, 0.3) is 0 Å². The standard InChI is InChI=1S/C13H19N3O3.C12H19N3O4/c1-4-13(7-17)11(18)8(2)12(19-13)16-6-5-10(14)15-9(16)3;1-7-10(18)12(5-16,6-17)19-11(7)15-4-3-9(13)14-8(15)2/h4-6,8,11-12,17-18H,1,3,7H2,2H3,(H2,14,15);3-4,7,10-11,16-18H,2,5-6H2,1H3,(H2,13,14)/t8-,11-,12+,13?;7-,10-,11+/m00/s1. The first-order valence-electron chi connectivity index (χ1n) is 12.1. The van der Waals surface area contributed by atoms with Gasteiger partial charge in [0.15, 0.2) is 0 Å². The van der Waals surface area contributed by atoms with Gasteiger partial charge >= 0.3 is 0 Å². The van der Waals surface area contributed by atoms with Crippen molar-refractivity contribution in [1.29, 1.82) is 0 Å². The van der Waals surface area contributed by atoms with Crippen molar-refractivity contribution in [2.45, 2.75) is 49.7 Å². The third kappa shape index (κ3) is 5.14. The molecule has 13 heteroatoms. The van der Waals surface area contributed by atoms with E-state index < -0.39 is 49.1 Å². The van der Waals surface area contributed by atoms with Gasteiger partial charge in [-0.3, -0.25) is 0 Å². The number of aliphatic hydroxyl groups excluding tert-OH is 5. The molecular formula is C25H38N6O7.